The highest BCUT2D eigenvalue weighted by atomic mass is 16.5. The Morgan fingerprint density at radius 3 is 2.69 bits per heavy atom. The maximum Gasteiger partial charge on any atom is 0.339 e. The van der Waals surface area contributed by atoms with E-state index in [1.807, 2.05) is 43.3 Å². The molecule has 0 saturated carbocycles. The maximum atomic E-state index is 12.8. The first kappa shape index (κ1) is 21.5. The molecular weight excluding hydrogens is 440 g/mol. The quantitative estimate of drug-likeness (QED) is 0.336. The van der Waals surface area contributed by atoms with Crippen molar-refractivity contribution in [1.29, 1.82) is 0 Å². The molecule has 6 heteroatoms. The van der Waals surface area contributed by atoms with Gasteiger partial charge in [-0.1, -0.05) is 18.2 Å². The van der Waals surface area contributed by atoms with Crippen LogP contribution in [-0.2, 0) is 24.2 Å². The number of nitrogens with zero attached hydrogens (tertiary/aromatic N) is 1. The van der Waals surface area contributed by atoms with Gasteiger partial charge >= 0.3 is 5.63 Å². The molecule has 0 atom stereocenters. The summed E-state index contributed by atoms with van der Waals surface area (Å²) < 4.78 is 13.9. The van der Waals surface area contributed by atoms with E-state index in [1.165, 1.54) is 10.9 Å². The van der Waals surface area contributed by atoms with Crippen LogP contribution in [0.5, 0.6) is 5.75 Å². The molecule has 1 aliphatic carbocycles. The zero-order valence-corrected chi connectivity index (χ0v) is 19.8. The topological polar surface area (TPSA) is 73.5 Å². The lowest BCUT2D eigenvalue weighted by Crippen LogP contribution is -2.20. The number of carbonyl (C=O) groups is 1. The van der Waals surface area contributed by atoms with Crippen LogP contribution >= 0.6 is 0 Å². The average molecular weight is 467 g/mol. The van der Waals surface area contributed by atoms with E-state index in [0.717, 1.165) is 64.5 Å². The third-order valence-electron chi connectivity index (χ3n) is 6.91. The molecule has 0 saturated heterocycles. The number of aryl methyl sites for hydroxylation is 3. The highest BCUT2D eigenvalue weighted by Gasteiger charge is 2.23. The summed E-state index contributed by atoms with van der Waals surface area (Å²) in [6.45, 7) is 4.79. The first-order valence-electron chi connectivity index (χ1n) is 12.1. The van der Waals surface area contributed by atoms with Crippen molar-refractivity contribution in [2.45, 2.75) is 39.7 Å². The van der Waals surface area contributed by atoms with Gasteiger partial charge < -0.3 is 19.0 Å². The van der Waals surface area contributed by atoms with Crippen LogP contribution < -0.4 is 15.7 Å². The Hall–Kier alpha value is -4.06. The number of anilines is 1. The number of fused-ring (bicyclic) bond motifs is 6. The molecule has 1 amide bonds. The molecule has 6 rings (SSSR count). The van der Waals surface area contributed by atoms with E-state index in [0.29, 0.717) is 11.3 Å². The Morgan fingerprint density at radius 1 is 1.03 bits per heavy atom. The second-order valence-electron chi connectivity index (χ2n) is 9.17. The summed E-state index contributed by atoms with van der Waals surface area (Å²) in [6.07, 6.45) is 2.46. The molecule has 2 aromatic heterocycles. The highest BCUT2D eigenvalue weighted by molar-refractivity contribution is 6.09. The molecule has 1 aliphatic rings. The van der Waals surface area contributed by atoms with Crippen molar-refractivity contribution in [3.8, 4) is 5.75 Å². The smallest absolute Gasteiger partial charge is 0.339 e. The van der Waals surface area contributed by atoms with Gasteiger partial charge in [-0.2, -0.15) is 0 Å². The van der Waals surface area contributed by atoms with Crippen LogP contribution in [0.15, 0.2) is 63.8 Å². The Bertz CT molecular complexity index is 1690. The molecule has 0 unspecified atom stereocenters. The fourth-order valence-corrected chi connectivity index (χ4v) is 5.43. The van der Waals surface area contributed by atoms with Crippen LogP contribution in [0.25, 0.3) is 32.8 Å². The minimum Gasteiger partial charge on any atom is -0.483 e. The molecule has 0 fully saturated rings. The third kappa shape index (κ3) is 3.57. The second-order valence-corrected chi connectivity index (χ2v) is 9.17. The first-order chi connectivity index (χ1) is 17.0. The monoisotopic (exact) mass is 466 g/mol. The Balaban J connectivity index is 1.28. The number of amides is 1. The van der Waals surface area contributed by atoms with Crippen molar-refractivity contribution in [1.82, 2.24) is 4.57 Å². The first-order valence-corrected chi connectivity index (χ1v) is 12.1. The van der Waals surface area contributed by atoms with Gasteiger partial charge in [0.2, 0.25) is 0 Å². The van der Waals surface area contributed by atoms with Crippen molar-refractivity contribution in [2.24, 2.45) is 0 Å². The highest BCUT2D eigenvalue weighted by Crippen LogP contribution is 2.35. The molecule has 0 spiro atoms. The zero-order chi connectivity index (χ0) is 24.1. The summed E-state index contributed by atoms with van der Waals surface area (Å²) in [5.74, 6) is 0.339. The van der Waals surface area contributed by atoms with E-state index >= 15 is 0 Å². The molecule has 0 aliphatic heterocycles. The van der Waals surface area contributed by atoms with Crippen molar-refractivity contribution in [3.05, 3.63) is 81.7 Å². The number of ether oxygens (including phenoxy) is 1. The lowest BCUT2D eigenvalue weighted by Gasteiger charge is -2.13. The van der Waals surface area contributed by atoms with E-state index in [2.05, 4.69) is 35.0 Å². The van der Waals surface area contributed by atoms with Crippen LogP contribution in [-0.4, -0.2) is 17.1 Å². The molecule has 35 heavy (non-hydrogen) atoms. The number of hydrogen-bond acceptors (Lipinski definition) is 4. The van der Waals surface area contributed by atoms with Gasteiger partial charge in [-0.05, 0) is 80.6 Å². The largest absolute Gasteiger partial charge is 0.483 e. The van der Waals surface area contributed by atoms with E-state index < -0.39 is 0 Å². The van der Waals surface area contributed by atoms with Crippen molar-refractivity contribution in [2.75, 3.05) is 11.9 Å². The summed E-state index contributed by atoms with van der Waals surface area (Å²) in [5, 5.41) is 6.06. The minimum atomic E-state index is -0.265. The number of rotatable bonds is 5. The summed E-state index contributed by atoms with van der Waals surface area (Å²) in [4.78, 5) is 25.2. The van der Waals surface area contributed by atoms with Crippen LogP contribution in [0.1, 0.15) is 30.0 Å². The molecule has 0 radical (unpaired) electrons. The van der Waals surface area contributed by atoms with Gasteiger partial charge in [-0.15, -0.1) is 0 Å². The summed E-state index contributed by atoms with van der Waals surface area (Å²) in [7, 11) is 0. The van der Waals surface area contributed by atoms with Gasteiger partial charge in [-0.25, -0.2) is 4.79 Å². The average Bonchev–Trinajstić information content (AvgIpc) is 3.45. The predicted octanol–water partition coefficient (Wildman–Crippen LogP) is 5.74. The number of hydrogen-bond donors (Lipinski definition) is 1. The zero-order valence-electron chi connectivity index (χ0n) is 19.8. The van der Waals surface area contributed by atoms with Gasteiger partial charge in [-0.3, -0.25) is 4.79 Å². The molecule has 1 N–H and O–H groups in total. The van der Waals surface area contributed by atoms with E-state index in [4.69, 9.17) is 9.15 Å². The molecule has 0 bridgehead atoms. The van der Waals surface area contributed by atoms with Crippen LogP contribution in [0.2, 0.25) is 0 Å². The standard InChI is InChI=1S/C29H26N2O4/c1-3-31-23-10-5-4-7-19(23)22-15-18(11-12-24(22)31)30-27(32)16-34-25-13-17(2)14-26-28(25)20-8-6-9-21(20)29(33)35-26/h4-5,7,10-15H,3,6,8-9,16H2,1-2H3,(H,30,32). The third-order valence-corrected chi connectivity index (χ3v) is 6.91. The van der Waals surface area contributed by atoms with E-state index in [9.17, 15) is 9.59 Å². The van der Waals surface area contributed by atoms with Crippen LogP contribution in [0.4, 0.5) is 5.69 Å². The molecule has 2 heterocycles. The van der Waals surface area contributed by atoms with Crippen molar-refractivity contribution < 1.29 is 13.9 Å². The Labute approximate surface area is 202 Å². The molecule has 5 aromatic rings. The van der Waals surface area contributed by atoms with E-state index in [1.54, 1.807) is 0 Å². The number of aromatic nitrogens is 1. The van der Waals surface area contributed by atoms with Crippen molar-refractivity contribution >= 4 is 44.4 Å². The SMILES string of the molecule is CCn1c2ccccc2c2cc(NC(=O)COc3cc(C)cc4oc(=O)c5c(c34)CCC5)ccc21. The lowest BCUT2D eigenvalue weighted by atomic mass is 10.0. The number of benzene rings is 3. The summed E-state index contributed by atoms with van der Waals surface area (Å²) in [5.41, 5.74) is 5.94. The molecule has 6 nitrogen and oxygen atoms in total. The molecular formula is C29H26N2O4. The Kier molecular flexibility index (Phi) is 5.10. The number of para-hydroxylation sites is 1. The van der Waals surface area contributed by atoms with Gasteiger partial charge in [0.15, 0.2) is 6.61 Å². The maximum absolute atomic E-state index is 12.8. The Morgan fingerprint density at radius 2 is 1.83 bits per heavy atom. The molecule has 176 valence electrons. The molecule has 3 aromatic carbocycles. The normalized spacial score (nSPS) is 13.0. The van der Waals surface area contributed by atoms with Crippen LogP contribution in [0, 0.1) is 6.92 Å². The van der Waals surface area contributed by atoms with Gasteiger partial charge in [0.05, 0.1) is 5.39 Å². The fourth-order valence-electron chi connectivity index (χ4n) is 5.43. The lowest BCUT2D eigenvalue weighted by molar-refractivity contribution is -0.118. The van der Waals surface area contributed by atoms with Gasteiger partial charge in [0.1, 0.15) is 11.3 Å². The fraction of sp³-hybridized carbons (Fsp3) is 0.241. The van der Waals surface area contributed by atoms with E-state index in [-0.39, 0.29) is 18.1 Å². The second kappa shape index (κ2) is 8.31. The minimum absolute atomic E-state index is 0.138. The number of nitrogens with one attached hydrogen (secondary N) is 1. The predicted molar refractivity (Wildman–Crippen MR) is 138 cm³/mol. The summed E-state index contributed by atoms with van der Waals surface area (Å²) >= 11 is 0. The van der Waals surface area contributed by atoms with Gasteiger partial charge in [0.25, 0.3) is 5.91 Å². The number of carbonyl (C=O) groups excluding carboxylic acids is 1. The van der Waals surface area contributed by atoms with Crippen LogP contribution in [0.3, 0.4) is 0 Å². The summed E-state index contributed by atoms with van der Waals surface area (Å²) in [6, 6.07) is 18.1. The van der Waals surface area contributed by atoms with Gasteiger partial charge in [0, 0.05) is 39.6 Å². The van der Waals surface area contributed by atoms with Crippen molar-refractivity contribution in [3.63, 3.8) is 0 Å².